The van der Waals surface area contributed by atoms with Gasteiger partial charge in [0.25, 0.3) is 0 Å². The van der Waals surface area contributed by atoms with Crippen LogP contribution in [0.15, 0.2) is 78.9 Å². The van der Waals surface area contributed by atoms with E-state index in [0.29, 0.717) is 29.3 Å². The number of carbonyl (C=O) groups excluding carboxylic acids is 2. The molecule has 2 amide bonds. The van der Waals surface area contributed by atoms with Crippen molar-refractivity contribution in [3.05, 3.63) is 101 Å². The average molecular weight is 504 g/mol. The zero-order valence-electron chi connectivity index (χ0n) is 21.1. The highest BCUT2D eigenvalue weighted by molar-refractivity contribution is 5.97. The largest absolute Gasteiger partial charge is 0.382 e. The second kappa shape index (κ2) is 11.7. The molecule has 0 aromatic heterocycles. The van der Waals surface area contributed by atoms with E-state index in [-0.39, 0.29) is 18.1 Å². The fourth-order valence-electron chi connectivity index (χ4n) is 5.10. The fraction of sp³-hybridized carbons (Fsp3) is 0.333. The number of amides is 2. The molecule has 0 aliphatic carbocycles. The summed E-state index contributed by atoms with van der Waals surface area (Å²) in [4.78, 5) is 28.0. The van der Waals surface area contributed by atoms with Crippen LogP contribution >= 0.6 is 0 Å². The number of primary amides is 1. The van der Waals surface area contributed by atoms with Crippen molar-refractivity contribution in [1.29, 1.82) is 0 Å². The van der Waals surface area contributed by atoms with E-state index < -0.39 is 11.6 Å². The lowest BCUT2D eigenvalue weighted by Gasteiger charge is -2.40. The number of halogens is 1. The number of Topliss-reactive ketones (excluding diaryl/α,β-unsaturated/α-hetero) is 1. The first kappa shape index (κ1) is 26.5. The van der Waals surface area contributed by atoms with Gasteiger partial charge in [-0.05, 0) is 80.6 Å². The van der Waals surface area contributed by atoms with Crippen LogP contribution < -0.4 is 10.6 Å². The van der Waals surface area contributed by atoms with E-state index in [1.807, 2.05) is 42.5 Å². The van der Waals surface area contributed by atoms with Gasteiger partial charge in [0, 0.05) is 17.8 Å². The molecule has 0 bridgehead atoms. The minimum absolute atomic E-state index is 0.0524. The average Bonchev–Trinajstić information content (AvgIpc) is 2.90. The van der Waals surface area contributed by atoms with Crippen molar-refractivity contribution in [3.8, 4) is 0 Å². The molecule has 3 aromatic carbocycles. The molecular weight excluding hydrogens is 469 g/mol. The van der Waals surface area contributed by atoms with Crippen molar-refractivity contribution >= 4 is 17.5 Å². The summed E-state index contributed by atoms with van der Waals surface area (Å²) in [5.41, 5.74) is 7.14. The molecule has 6 nitrogen and oxygen atoms in total. The second-order valence-electron chi connectivity index (χ2n) is 9.98. The number of ketones is 1. The topological polar surface area (TPSA) is 86.9 Å². The molecule has 0 spiro atoms. The smallest absolute Gasteiger partial charge is 0.319 e. The number of β-amino-alcohol motifs (C(OH)–C–C–N with tert-alkyl or cyclic N) is 1. The number of urea groups is 1. The number of aliphatic hydroxyl groups is 1. The number of piperidine rings is 1. The predicted octanol–water partition coefficient (Wildman–Crippen LogP) is 4.76. The Morgan fingerprint density at radius 2 is 1.70 bits per heavy atom. The van der Waals surface area contributed by atoms with Crippen LogP contribution in [-0.2, 0) is 12.0 Å². The Kier molecular flexibility index (Phi) is 8.36. The molecule has 4 rings (SSSR count). The molecule has 1 atom stereocenters. The SMILES string of the molecule is CC(=O)c1cccc(N(CC(O)(CN2CCC(Cc3ccc(F)cc3)CC2)c2ccccc2)C(N)=O)c1. The van der Waals surface area contributed by atoms with E-state index in [2.05, 4.69) is 4.90 Å². The molecule has 1 saturated heterocycles. The van der Waals surface area contributed by atoms with E-state index in [0.717, 1.165) is 37.9 Å². The molecule has 1 heterocycles. The minimum atomic E-state index is -1.38. The third-order valence-electron chi connectivity index (χ3n) is 7.19. The molecule has 3 aromatic rings. The Balaban J connectivity index is 1.50. The minimum Gasteiger partial charge on any atom is -0.382 e. The van der Waals surface area contributed by atoms with Gasteiger partial charge in [-0.15, -0.1) is 0 Å². The molecule has 0 radical (unpaired) electrons. The summed E-state index contributed by atoms with van der Waals surface area (Å²) >= 11 is 0. The van der Waals surface area contributed by atoms with Crippen LogP contribution in [0.4, 0.5) is 14.9 Å². The van der Waals surface area contributed by atoms with Crippen molar-refractivity contribution in [2.45, 2.75) is 31.8 Å². The van der Waals surface area contributed by atoms with Crippen molar-refractivity contribution in [3.63, 3.8) is 0 Å². The van der Waals surface area contributed by atoms with E-state index in [9.17, 15) is 19.1 Å². The van der Waals surface area contributed by atoms with E-state index in [4.69, 9.17) is 5.73 Å². The standard InChI is InChI=1S/C30H34FN3O3/c1-22(35)25-6-5-9-28(19-25)34(29(32)36)21-30(37,26-7-3-2-4-8-26)20-33-16-14-24(15-17-33)18-23-10-12-27(31)13-11-23/h2-13,19,24,37H,14-18,20-21H2,1H3,(H2,32,36). The normalized spacial score (nSPS) is 16.2. The van der Waals surface area contributed by atoms with Crippen molar-refractivity contribution < 1.29 is 19.1 Å². The number of nitrogens with two attached hydrogens (primary N) is 1. The predicted molar refractivity (Wildman–Crippen MR) is 143 cm³/mol. The number of anilines is 1. The van der Waals surface area contributed by atoms with Crippen LogP contribution in [0.5, 0.6) is 0 Å². The van der Waals surface area contributed by atoms with Gasteiger partial charge >= 0.3 is 6.03 Å². The number of hydrogen-bond donors (Lipinski definition) is 2. The van der Waals surface area contributed by atoms with Crippen LogP contribution in [0.2, 0.25) is 0 Å². The van der Waals surface area contributed by atoms with Gasteiger partial charge in [-0.2, -0.15) is 0 Å². The quantitative estimate of drug-likeness (QED) is 0.413. The molecular formula is C30H34FN3O3. The molecule has 3 N–H and O–H groups in total. The summed E-state index contributed by atoms with van der Waals surface area (Å²) in [6, 6.07) is 22.0. The number of rotatable bonds is 9. The molecule has 7 heteroatoms. The van der Waals surface area contributed by atoms with Gasteiger partial charge in [-0.1, -0.05) is 54.6 Å². The van der Waals surface area contributed by atoms with Crippen LogP contribution in [-0.4, -0.2) is 48.0 Å². The zero-order chi connectivity index (χ0) is 26.4. The molecule has 1 aliphatic rings. The monoisotopic (exact) mass is 503 g/mol. The number of nitrogens with zero attached hydrogens (tertiary/aromatic N) is 2. The maximum Gasteiger partial charge on any atom is 0.319 e. The highest BCUT2D eigenvalue weighted by Gasteiger charge is 2.36. The van der Waals surface area contributed by atoms with E-state index in [1.165, 1.54) is 24.0 Å². The maximum absolute atomic E-state index is 13.2. The number of hydrogen-bond acceptors (Lipinski definition) is 4. The summed E-state index contributed by atoms with van der Waals surface area (Å²) < 4.78 is 13.2. The number of carbonyl (C=O) groups is 2. The first-order chi connectivity index (χ1) is 17.7. The van der Waals surface area contributed by atoms with Crippen LogP contribution in [0, 0.1) is 11.7 Å². The molecule has 37 heavy (non-hydrogen) atoms. The van der Waals surface area contributed by atoms with E-state index >= 15 is 0 Å². The van der Waals surface area contributed by atoms with Crippen LogP contribution in [0.1, 0.15) is 41.3 Å². The Bertz CT molecular complexity index is 1210. The summed E-state index contributed by atoms with van der Waals surface area (Å²) in [5.74, 6) is 0.146. The summed E-state index contributed by atoms with van der Waals surface area (Å²) in [6.45, 7) is 3.35. The molecule has 1 fully saturated rings. The lowest BCUT2D eigenvalue weighted by molar-refractivity contribution is -0.00267. The second-order valence-corrected chi connectivity index (χ2v) is 9.98. The van der Waals surface area contributed by atoms with Gasteiger partial charge in [0.2, 0.25) is 0 Å². The van der Waals surface area contributed by atoms with Crippen molar-refractivity contribution in [2.75, 3.05) is 31.1 Å². The summed E-state index contributed by atoms with van der Waals surface area (Å²) in [6.07, 6.45) is 2.82. The molecule has 194 valence electrons. The fourth-order valence-corrected chi connectivity index (χ4v) is 5.10. The molecule has 1 aliphatic heterocycles. The van der Waals surface area contributed by atoms with Gasteiger partial charge in [0.1, 0.15) is 11.4 Å². The number of likely N-dealkylation sites (tertiary alicyclic amines) is 1. The first-order valence-electron chi connectivity index (χ1n) is 12.7. The van der Waals surface area contributed by atoms with Gasteiger partial charge in [0.05, 0.1) is 6.54 Å². The van der Waals surface area contributed by atoms with Crippen molar-refractivity contribution in [2.24, 2.45) is 11.7 Å². The Hall–Kier alpha value is -3.55. The Morgan fingerprint density at radius 3 is 2.32 bits per heavy atom. The van der Waals surface area contributed by atoms with Crippen molar-refractivity contribution in [1.82, 2.24) is 4.90 Å². The summed E-state index contributed by atoms with van der Waals surface area (Å²) in [5, 5.41) is 12.0. The van der Waals surface area contributed by atoms with Gasteiger partial charge in [0.15, 0.2) is 5.78 Å². The van der Waals surface area contributed by atoms with Gasteiger partial charge < -0.3 is 15.7 Å². The number of benzene rings is 3. The lowest BCUT2D eigenvalue weighted by atomic mass is 9.87. The van der Waals surface area contributed by atoms with Crippen LogP contribution in [0.25, 0.3) is 0 Å². The highest BCUT2D eigenvalue weighted by Crippen LogP contribution is 2.30. The molecule has 0 saturated carbocycles. The van der Waals surface area contributed by atoms with Gasteiger partial charge in [-0.3, -0.25) is 9.69 Å². The lowest BCUT2D eigenvalue weighted by Crippen LogP contribution is -2.53. The van der Waals surface area contributed by atoms with Gasteiger partial charge in [-0.25, -0.2) is 9.18 Å². The van der Waals surface area contributed by atoms with Crippen LogP contribution in [0.3, 0.4) is 0 Å². The zero-order valence-corrected chi connectivity index (χ0v) is 21.1. The highest BCUT2D eigenvalue weighted by atomic mass is 19.1. The molecule has 1 unspecified atom stereocenters. The summed E-state index contributed by atoms with van der Waals surface area (Å²) in [7, 11) is 0. The Labute approximate surface area is 217 Å². The van der Waals surface area contributed by atoms with E-state index in [1.54, 1.807) is 24.3 Å². The Morgan fingerprint density at radius 1 is 1.03 bits per heavy atom. The maximum atomic E-state index is 13.2. The first-order valence-corrected chi connectivity index (χ1v) is 12.7. The third kappa shape index (κ3) is 6.81. The third-order valence-corrected chi connectivity index (χ3v) is 7.19.